The van der Waals surface area contributed by atoms with E-state index >= 15 is 0 Å². The Morgan fingerprint density at radius 1 is 0.887 bits per heavy atom. The van der Waals surface area contributed by atoms with E-state index in [2.05, 4.69) is 16.0 Å². The number of hydrogen-bond acceptors (Lipinski definition) is 8. The number of nitrogens with two attached hydrogens (primary N) is 1. The number of thioether (sulfide) groups is 1. The third kappa shape index (κ3) is 16.6. The molecule has 1 aliphatic rings. The highest BCUT2D eigenvalue weighted by molar-refractivity contribution is 7.98. The van der Waals surface area contributed by atoms with E-state index in [1.807, 2.05) is 6.26 Å². The molecule has 2 aromatic rings. The molecule has 0 bridgehead atoms. The number of amides is 2. The fraction of sp³-hybridized carbons (Fsp3) is 0.414. The predicted octanol–water partition coefficient (Wildman–Crippen LogP) is 4.03. The molecule has 0 radical (unpaired) electrons. The van der Waals surface area contributed by atoms with Crippen molar-refractivity contribution in [2.75, 3.05) is 18.6 Å². The Bertz CT molecular complexity index is 1680. The Morgan fingerprint density at radius 3 is 1.87 bits per heavy atom. The first-order valence-corrected chi connectivity index (χ1v) is 17.4. The molecule has 53 heavy (non-hydrogen) atoms. The normalized spacial score (nSPS) is 17.4. The van der Waals surface area contributed by atoms with Gasteiger partial charge in [-0.2, -0.15) is 39.5 Å². The molecule has 296 valence electrons. The van der Waals surface area contributed by atoms with E-state index in [4.69, 9.17) is 30.9 Å². The van der Waals surface area contributed by atoms with Crippen LogP contribution in [0.4, 0.5) is 39.5 Å². The summed E-state index contributed by atoms with van der Waals surface area (Å²) < 4.78 is 129. The second-order valence-electron chi connectivity index (χ2n) is 10.8. The van der Waals surface area contributed by atoms with Gasteiger partial charge in [0.25, 0.3) is 5.91 Å². The zero-order valence-corrected chi connectivity index (χ0v) is 28.7. The van der Waals surface area contributed by atoms with Crippen molar-refractivity contribution in [2.24, 2.45) is 11.7 Å². The molecule has 0 heterocycles. The van der Waals surface area contributed by atoms with Gasteiger partial charge in [-0.3, -0.25) is 15.0 Å². The first-order valence-electron chi connectivity index (χ1n) is 14.5. The fourth-order valence-electron chi connectivity index (χ4n) is 4.51. The van der Waals surface area contributed by atoms with Crippen LogP contribution in [0.3, 0.4) is 0 Å². The summed E-state index contributed by atoms with van der Waals surface area (Å²) in [5.74, 6) is -8.00. The lowest BCUT2D eigenvalue weighted by Crippen LogP contribution is -2.52. The quantitative estimate of drug-likeness (QED) is 0.0828. The van der Waals surface area contributed by atoms with Gasteiger partial charge in [-0.05, 0) is 73.9 Å². The predicted molar refractivity (Wildman–Crippen MR) is 170 cm³/mol. The van der Waals surface area contributed by atoms with Gasteiger partial charge in [0.05, 0.1) is 22.8 Å². The lowest BCUT2D eigenvalue weighted by molar-refractivity contribution is -0.193. The number of rotatable bonds is 9. The molecule has 0 saturated heterocycles. The summed E-state index contributed by atoms with van der Waals surface area (Å²) in [6.07, 6.45) is -11.7. The van der Waals surface area contributed by atoms with Crippen LogP contribution in [0, 0.1) is 11.3 Å². The molecule has 1 aliphatic carbocycles. The van der Waals surface area contributed by atoms with Gasteiger partial charge < -0.3 is 31.9 Å². The third-order valence-corrected chi connectivity index (χ3v) is 9.49. The smallest absolute Gasteiger partial charge is 0.475 e. The van der Waals surface area contributed by atoms with Crippen molar-refractivity contribution in [3.05, 3.63) is 59.7 Å². The van der Waals surface area contributed by atoms with Crippen molar-refractivity contribution in [3.63, 3.8) is 0 Å². The molecule has 13 nitrogen and oxygen atoms in total. The standard InChI is InChI=1S/C25H30F3N5O4S2.2C2HF3O2/c1-38-19-6-8-20(9-7-19)39(36,37)14-16-12-18(32-24(29)30)5-10-21(16)33-22(34)13-31-23(35)15-3-2-4-17(11-15)25(26,27)28;2*3-2(4,5)1(6)7/h2-4,6-9,11,16,18,21H,5,10,12-14H2,1H3,(H,31,35)(H,33,34)(H4,29,30,32);2*(H,6,7)/t16-,18+,21-;;/m0../s1. The molecule has 3 rings (SSSR count). The minimum absolute atomic E-state index is 0.153. The van der Waals surface area contributed by atoms with Gasteiger partial charge in [-0.25, -0.2) is 18.0 Å². The average molecular weight is 814 g/mol. The van der Waals surface area contributed by atoms with E-state index in [1.54, 1.807) is 12.1 Å². The highest BCUT2D eigenvalue weighted by Crippen LogP contribution is 2.30. The maximum absolute atomic E-state index is 13.2. The van der Waals surface area contributed by atoms with Crippen LogP contribution in [0.25, 0.3) is 0 Å². The summed E-state index contributed by atoms with van der Waals surface area (Å²) in [7, 11) is -3.72. The summed E-state index contributed by atoms with van der Waals surface area (Å²) in [5, 5.41) is 29.6. The number of nitrogens with one attached hydrogen (secondary N) is 4. The molecule has 24 heteroatoms. The summed E-state index contributed by atoms with van der Waals surface area (Å²) in [6.45, 7) is -0.504. The van der Waals surface area contributed by atoms with Gasteiger partial charge >= 0.3 is 30.5 Å². The highest BCUT2D eigenvalue weighted by Gasteiger charge is 2.39. The Morgan fingerprint density at radius 2 is 1.42 bits per heavy atom. The van der Waals surface area contributed by atoms with Gasteiger partial charge in [0.1, 0.15) is 0 Å². The zero-order chi connectivity index (χ0) is 40.9. The van der Waals surface area contributed by atoms with Crippen LogP contribution < -0.4 is 21.7 Å². The van der Waals surface area contributed by atoms with Crippen LogP contribution in [0.1, 0.15) is 35.2 Å². The summed E-state index contributed by atoms with van der Waals surface area (Å²) in [6, 6.07) is 9.54. The lowest BCUT2D eigenvalue weighted by atomic mass is 9.82. The molecule has 1 saturated carbocycles. The van der Waals surface area contributed by atoms with Gasteiger partial charge in [0.2, 0.25) is 5.91 Å². The summed E-state index contributed by atoms with van der Waals surface area (Å²) in [4.78, 5) is 43.9. The molecule has 2 aromatic carbocycles. The number of guanidine groups is 1. The Hall–Kier alpha value is -4.74. The van der Waals surface area contributed by atoms with Crippen LogP contribution in [0.5, 0.6) is 0 Å². The minimum Gasteiger partial charge on any atom is -0.475 e. The van der Waals surface area contributed by atoms with Crippen LogP contribution in [-0.4, -0.2) is 91.3 Å². The largest absolute Gasteiger partial charge is 0.490 e. The van der Waals surface area contributed by atoms with Gasteiger partial charge in [-0.1, -0.05) is 6.07 Å². The van der Waals surface area contributed by atoms with Gasteiger partial charge in [0, 0.05) is 22.5 Å². The van der Waals surface area contributed by atoms with Crippen molar-refractivity contribution in [1.82, 2.24) is 16.0 Å². The highest BCUT2D eigenvalue weighted by atomic mass is 32.2. The molecule has 0 aliphatic heterocycles. The lowest BCUT2D eigenvalue weighted by Gasteiger charge is -2.37. The number of hydrogen-bond donors (Lipinski definition) is 7. The fourth-order valence-corrected chi connectivity index (χ4v) is 6.59. The average Bonchev–Trinajstić information content (AvgIpc) is 3.04. The number of alkyl halides is 9. The summed E-state index contributed by atoms with van der Waals surface area (Å²) in [5.41, 5.74) is 4.23. The van der Waals surface area contributed by atoms with E-state index in [-0.39, 0.29) is 28.2 Å². The Kier molecular flexibility index (Phi) is 16.9. The Labute approximate surface area is 299 Å². The molecule has 0 spiro atoms. The second-order valence-corrected chi connectivity index (χ2v) is 13.7. The molecule has 0 aromatic heterocycles. The number of halogens is 9. The van der Waals surface area contributed by atoms with Crippen LogP contribution in [-0.2, 0) is 30.4 Å². The molecule has 1 fully saturated rings. The maximum atomic E-state index is 13.2. The minimum atomic E-state index is -5.08. The third-order valence-electron chi connectivity index (χ3n) is 6.89. The van der Waals surface area contributed by atoms with Crippen molar-refractivity contribution in [3.8, 4) is 0 Å². The number of aliphatic carboxylic acids is 2. The number of carbonyl (C=O) groups is 4. The van der Waals surface area contributed by atoms with E-state index in [9.17, 15) is 57.5 Å². The van der Waals surface area contributed by atoms with Crippen LogP contribution >= 0.6 is 11.8 Å². The zero-order valence-electron chi connectivity index (χ0n) is 27.0. The maximum Gasteiger partial charge on any atom is 0.490 e. The van der Waals surface area contributed by atoms with E-state index in [1.165, 1.54) is 30.0 Å². The first-order chi connectivity index (χ1) is 24.2. The molecule has 3 atom stereocenters. The topological polar surface area (TPSA) is 229 Å². The monoisotopic (exact) mass is 813 g/mol. The molecule has 0 unspecified atom stereocenters. The molecular weight excluding hydrogens is 781 g/mol. The van der Waals surface area contributed by atoms with Crippen molar-refractivity contribution in [2.45, 2.75) is 59.7 Å². The SMILES string of the molecule is CSc1ccc(S(=O)(=O)C[C@@H]2C[C@H](NC(=N)N)CC[C@@H]2NC(=O)CNC(=O)c2cccc(C(F)(F)F)c2)cc1.O=C(O)C(F)(F)F.O=C(O)C(F)(F)F. The van der Waals surface area contributed by atoms with Gasteiger partial charge in [0.15, 0.2) is 15.8 Å². The van der Waals surface area contributed by atoms with Crippen LogP contribution in [0.15, 0.2) is 58.3 Å². The van der Waals surface area contributed by atoms with E-state index < -0.39 is 76.2 Å². The molecule has 2 amide bonds. The number of sulfone groups is 1. The number of carbonyl (C=O) groups excluding carboxylic acids is 2. The molecule has 8 N–H and O–H groups in total. The van der Waals surface area contributed by atoms with E-state index in [0.29, 0.717) is 25.3 Å². The number of benzene rings is 2. The second kappa shape index (κ2) is 19.4. The van der Waals surface area contributed by atoms with E-state index in [0.717, 1.165) is 17.0 Å². The van der Waals surface area contributed by atoms with Crippen molar-refractivity contribution < 1.29 is 77.3 Å². The number of carboxylic acids is 2. The van der Waals surface area contributed by atoms with Gasteiger partial charge in [-0.15, -0.1) is 11.8 Å². The van der Waals surface area contributed by atoms with Crippen molar-refractivity contribution in [1.29, 1.82) is 5.41 Å². The van der Waals surface area contributed by atoms with Crippen LogP contribution in [0.2, 0.25) is 0 Å². The summed E-state index contributed by atoms with van der Waals surface area (Å²) >= 11 is 1.48. The number of carboxylic acid groups (broad SMARTS) is 2. The molecular formula is C29H32F9N5O8S2. The first kappa shape index (κ1) is 46.3. The van der Waals surface area contributed by atoms with Crippen molar-refractivity contribution >= 4 is 51.3 Å². The Balaban J connectivity index is 0.000000845.